The zero-order valence-electron chi connectivity index (χ0n) is 9.27. The lowest BCUT2D eigenvalue weighted by Gasteiger charge is -2.32. The third-order valence-corrected chi connectivity index (χ3v) is 2.93. The van der Waals surface area contributed by atoms with Crippen LogP contribution in [0.2, 0.25) is 0 Å². The zero-order chi connectivity index (χ0) is 12.4. The van der Waals surface area contributed by atoms with Crippen LogP contribution in [0.5, 0.6) is 0 Å². The molecule has 1 unspecified atom stereocenters. The Balaban J connectivity index is 2.39. The van der Waals surface area contributed by atoms with Crippen LogP contribution in [0.15, 0.2) is 18.2 Å². The third-order valence-electron chi connectivity index (χ3n) is 2.93. The SMILES string of the molecule is O=C(O)c1cccc(F)c1N1CCCC(O)C1. The van der Waals surface area contributed by atoms with Crippen molar-refractivity contribution in [3.63, 3.8) is 0 Å². The van der Waals surface area contributed by atoms with Crippen molar-refractivity contribution in [2.45, 2.75) is 18.9 Å². The number of halogens is 1. The molecule has 1 aromatic carbocycles. The van der Waals surface area contributed by atoms with Crippen LogP contribution < -0.4 is 4.90 Å². The van der Waals surface area contributed by atoms with E-state index >= 15 is 0 Å². The molecule has 1 aliphatic heterocycles. The molecule has 1 saturated heterocycles. The number of hydrogen-bond acceptors (Lipinski definition) is 3. The van der Waals surface area contributed by atoms with Gasteiger partial charge in [0, 0.05) is 13.1 Å². The van der Waals surface area contributed by atoms with Crippen molar-refractivity contribution < 1.29 is 19.4 Å². The summed E-state index contributed by atoms with van der Waals surface area (Å²) >= 11 is 0. The number of carbonyl (C=O) groups is 1. The summed E-state index contributed by atoms with van der Waals surface area (Å²) in [6.07, 6.45) is 0.882. The number of benzene rings is 1. The van der Waals surface area contributed by atoms with E-state index in [9.17, 15) is 14.3 Å². The lowest BCUT2D eigenvalue weighted by atomic mass is 10.0. The van der Waals surface area contributed by atoms with Gasteiger partial charge in [-0.2, -0.15) is 0 Å². The monoisotopic (exact) mass is 239 g/mol. The van der Waals surface area contributed by atoms with Crippen LogP contribution >= 0.6 is 0 Å². The predicted octanol–water partition coefficient (Wildman–Crippen LogP) is 1.48. The average molecular weight is 239 g/mol. The molecule has 92 valence electrons. The quantitative estimate of drug-likeness (QED) is 0.820. The Kier molecular flexibility index (Phi) is 3.28. The predicted molar refractivity (Wildman–Crippen MR) is 60.8 cm³/mol. The van der Waals surface area contributed by atoms with Crippen molar-refractivity contribution >= 4 is 11.7 Å². The summed E-state index contributed by atoms with van der Waals surface area (Å²) in [6.45, 7) is 0.847. The van der Waals surface area contributed by atoms with Crippen molar-refractivity contribution in [2.24, 2.45) is 0 Å². The first-order valence-corrected chi connectivity index (χ1v) is 5.54. The number of anilines is 1. The van der Waals surface area contributed by atoms with Gasteiger partial charge in [-0.3, -0.25) is 0 Å². The van der Waals surface area contributed by atoms with Gasteiger partial charge in [0.1, 0.15) is 5.82 Å². The lowest BCUT2D eigenvalue weighted by molar-refractivity contribution is 0.0696. The normalized spacial score (nSPS) is 20.4. The highest BCUT2D eigenvalue weighted by atomic mass is 19.1. The topological polar surface area (TPSA) is 60.8 Å². The second-order valence-electron chi connectivity index (χ2n) is 4.18. The smallest absolute Gasteiger partial charge is 0.337 e. The molecule has 1 aliphatic rings. The lowest BCUT2D eigenvalue weighted by Crippen LogP contribution is -2.39. The van der Waals surface area contributed by atoms with Crippen LogP contribution in [0.4, 0.5) is 10.1 Å². The number of hydrogen-bond donors (Lipinski definition) is 2. The van der Waals surface area contributed by atoms with E-state index in [0.29, 0.717) is 13.0 Å². The van der Waals surface area contributed by atoms with Crippen molar-refractivity contribution in [1.29, 1.82) is 0 Å². The third kappa shape index (κ3) is 2.39. The maximum absolute atomic E-state index is 13.7. The number of nitrogens with zero attached hydrogens (tertiary/aromatic N) is 1. The fourth-order valence-corrected chi connectivity index (χ4v) is 2.17. The summed E-state index contributed by atoms with van der Waals surface area (Å²) in [5, 5.41) is 18.6. The number of aliphatic hydroxyl groups is 1. The molecule has 1 aromatic rings. The highest BCUT2D eigenvalue weighted by Gasteiger charge is 2.24. The summed E-state index contributed by atoms with van der Waals surface area (Å²) in [4.78, 5) is 12.6. The van der Waals surface area contributed by atoms with Crippen molar-refractivity contribution in [3.8, 4) is 0 Å². The van der Waals surface area contributed by atoms with Gasteiger partial charge in [-0.1, -0.05) is 6.07 Å². The van der Waals surface area contributed by atoms with Crippen LogP contribution in [0.3, 0.4) is 0 Å². The van der Waals surface area contributed by atoms with Gasteiger partial charge < -0.3 is 15.1 Å². The van der Waals surface area contributed by atoms with Crippen LogP contribution in [0.1, 0.15) is 23.2 Å². The van der Waals surface area contributed by atoms with Crippen molar-refractivity contribution in [3.05, 3.63) is 29.6 Å². The molecule has 2 rings (SSSR count). The number of para-hydroxylation sites is 1. The molecule has 1 fully saturated rings. The number of piperidine rings is 1. The first kappa shape index (κ1) is 11.9. The summed E-state index contributed by atoms with van der Waals surface area (Å²) < 4.78 is 13.7. The van der Waals surface area contributed by atoms with Gasteiger partial charge in [0.05, 0.1) is 17.4 Å². The second kappa shape index (κ2) is 4.71. The van der Waals surface area contributed by atoms with Crippen LogP contribution in [0, 0.1) is 5.82 Å². The van der Waals surface area contributed by atoms with E-state index in [0.717, 1.165) is 6.42 Å². The molecule has 0 spiro atoms. The number of β-amino-alcohol motifs (C(OH)–C–C–N with tert-alkyl or cyclic N) is 1. The number of aliphatic hydroxyl groups excluding tert-OH is 1. The fraction of sp³-hybridized carbons (Fsp3) is 0.417. The van der Waals surface area contributed by atoms with Gasteiger partial charge in [-0.05, 0) is 25.0 Å². The fourth-order valence-electron chi connectivity index (χ4n) is 2.17. The minimum absolute atomic E-state index is 0.0564. The number of aromatic carboxylic acids is 1. The Bertz CT molecular complexity index is 436. The van der Waals surface area contributed by atoms with Crippen molar-refractivity contribution in [1.82, 2.24) is 0 Å². The Morgan fingerprint density at radius 2 is 2.24 bits per heavy atom. The molecule has 0 aliphatic carbocycles. The largest absolute Gasteiger partial charge is 0.478 e. The Morgan fingerprint density at radius 3 is 2.88 bits per heavy atom. The molecule has 1 atom stereocenters. The molecular weight excluding hydrogens is 225 g/mol. The van der Waals surface area contributed by atoms with Crippen LogP contribution in [0.25, 0.3) is 0 Å². The molecule has 0 saturated carbocycles. The van der Waals surface area contributed by atoms with Gasteiger partial charge in [0.15, 0.2) is 0 Å². The number of carboxylic acid groups (broad SMARTS) is 1. The average Bonchev–Trinajstić information content (AvgIpc) is 2.28. The molecule has 2 N–H and O–H groups in total. The van der Waals surface area contributed by atoms with E-state index in [1.165, 1.54) is 18.2 Å². The second-order valence-corrected chi connectivity index (χ2v) is 4.18. The molecule has 0 aromatic heterocycles. The minimum Gasteiger partial charge on any atom is -0.478 e. The summed E-state index contributed by atoms with van der Waals surface area (Å²) in [5.74, 6) is -1.71. The highest BCUT2D eigenvalue weighted by molar-refractivity contribution is 5.94. The van der Waals surface area contributed by atoms with Gasteiger partial charge in [0.25, 0.3) is 0 Å². The molecule has 1 heterocycles. The van der Waals surface area contributed by atoms with E-state index in [-0.39, 0.29) is 17.8 Å². The first-order valence-electron chi connectivity index (χ1n) is 5.54. The van der Waals surface area contributed by atoms with E-state index in [2.05, 4.69) is 0 Å². The molecule has 5 heteroatoms. The van der Waals surface area contributed by atoms with Crippen LogP contribution in [-0.4, -0.2) is 35.4 Å². The maximum Gasteiger partial charge on any atom is 0.337 e. The maximum atomic E-state index is 13.7. The Morgan fingerprint density at radius 1 is 1.47 bits per heavy atom. The highest BCUT2D eigenvalue weighted by Crippen LogP contribution is 2.27. The van der Waals surface area contributed by atoms with E-state index in [1.807, 2.05) is 0 Å². The Labute approximate surface area is 98.3 Å². The molecule has 0 radical (unpaired) electrons. The van der Waals surface area contributed by atoms with Crippen molar-refractivity contribution in [2.75, 3.05) is 18.0 Å². The summed E-state index contributed by atoms with van der Waals surface area (Å²) in [5.41, 5.74) is 0.0258. The molecule has 17 heavy (non-hydrogen) atoms. The molecule has 0 amide bonds. The number of rotatable bonds is 2. The standard InChI is InChI=1S/C12H14FNO3/c13-10-5-1-4-9(12(16)17)11(10)14-6-2-3-8(15)7-14/h1,4-5,8,15H,2-3,6-7H2,(H,16,17). The van der Waals surface area contributed by atoms with E-state index in [1.54, 1.807) is 4.90 Å². The van der Waals surface area contributed by atoms with E-state index in [4.69, 9.17) is 5.11 Å². The summed E-state index contributed by atoms with van der Waals surface area (Å²) in [6, 6.07) is 3.99. The van der Waals surface area contributed by atoms with Gasteiger partial charge >= 0.3 is 5.97 Å². The van der Waals surface area contributed by atoms with E-state index < -0.39 is 17.9 Å². The van der Waals surface area contributed by atoms with Gasteiger partial charge in [-0.25, -0.2) is 9.18 Å². The van der Waals surface area contributed by atoms with Crippen LogP contribution in [-0.2, 0) is 0 Å². The molecular formula is C12H14FNO3. The first-order chi connectivity index (χ1) is 8.09. The minimum atomic E-state index is -1.15. The van der Waals surface area contributed by atoms with Gasteiger partial charge in [-0.15, -0.1) is 0 Å². The zero-order valence-corrected chi connectivity index (χ0v) is 9.27. The molecule has 4 nitrogen and oxygen atoms in total. The summed E-state index contributed by atoms with van der Waals surface area (Å²) in [7, 11) is 0. The Hall–Kier alpha value is -1.62. The van der Waals surface area contributed by atoms with Gasteiger partial charge in [0.2, 0.25) is 0 Å². The molecule has 0 bridgehead atoms. The number of carboxylic acids is 1.